The van der Waals surface area contributed by atoms with Crippen LogP contribution >= 0.6 is 15.9 Å². The van der Waals surface area contributed by atoms with Gasteiger partial charge in [-0.1, -0.05) is 13.3 Å². The molecule has 0 aliphatic heterocycles. The first-order chi connectivity index (χ1) is 7.66. The molecule has 0 amide bonds. The molecule has 0 bridgehead atoms. The van der Waals surface area contributed by atoms with Gasteiger partial charge in [-0.15, -0.1) is 0 Å². The van der Waals surface area contributed by atoms with Crippen LogP contribution in [-0.4, -0.2) is 16.7 Å². The molecule has 4 nitrogen and oxygen atoms in total. The second-order valence-electron chi connectivity index (χ2n) is 4.59. The summed E-state index contributed by atoms with van der Waals surface area (Å²) in [6, 6.07) is 0. The predicted molar refractivity (Wildman–Crippen MR) is 67.6 cm³/mol. The van der Waals surface area contributed by atoms with Gasteiger partial charge in [-0.25, -0.2) is 5.10 Å². The zero-order chi connectivity index (χ0) is 11.5. The van der Waals surface area contributed by atoms with E-state index < -0.39 is 0 Å². The molecule has 1 fully saturated rings. The molecule has 0 spiro atoms. The van der Waals surface area contributed by atoms with Gasteiger partial charge >= 0.3 is 0 Å². The Morgan fingerprint density at radius 2 is 2.44 bits per heavy atom. The highest BCUT2D eigenvalue weighted by Gasteiger charge is 2.21. The number of hydrogen-bond acceptors (Lipinski definition) is 3. The van der Waals surface area contributed by atoms with Crippen LogP contribution in [0.2, 0.25) is 0 Å². The molecule has 1 heterocycles. The summed E-state index contributed by atoms with van der Waals surface area (Å²) < 4.78 is 0.536. The van der Waals surface area contributed by atoms with E-state index in [-0.39, 0.29) is 5.56 Å². The monoisotopic (exact) mass is 285 g/mol. The third-order valence-electron chi connectivity index (χ3n) is 3.18. The second kappa shape index (κ2) is 4.99. The molecule has 88 valence electrons. The molecular formula is C11H16BrN3O. The summed E-state index contributed by atoms with van der Waals surface area (Å²) in [4.78, 5) is 11.3. The highest BCUT2D eigenvalue weighted by atomic mass is 79.9. The van der Waals surface area contributed by atoms with Gasteiger partial charge in [0.05, 0.1) is 11.9 Å². The SMILES string of the molecule is CC1CCC(CNc2cn[nH]c(=O)c2Br)C1. The van der Waals surface area contributed by atoms with Crippen LogP contribution in [0.5, 0.6) is 0 Å². The predicted octanol–water partition coefficient (Wildman–Crippen LogP) is 2.38. The van der Waals surface area contributed by atoms with E-state index >= 15 is 0 Å². The number of H-pyrrole nitrogens is 1. The lowest BCUT2D eigenvalue weighted by Crippen LogP contribution is -2.16. The minimum atomic E-state index is -0.190. The Balaban J connectivity index is 1.95. The van der Waals surface area contributed by atoms with Crippen molar-refractivity contribution in [3.8, 4) is 0 Å². The van der Waals surface area contributed by atoms with Crippen molar-refractivity contribution in [1.29, 1.82) is 0 Å². The Bertz CT molecular complexity index is 418. The molecule has 2 rings (SSSR count). The Morgan fingerprint density at radius 1 is 1.62 bits per heavy atom. The number of anilines is 1. The standard InChI is InChI=1S/C11H16BrN3O/c1-7-2-3-8(4-7)5-13-9-6-14-15-11(16)10(9)12/h6-8H,2-5H2,1H3,(H2,13,15,16). The summed E-state index contributed by atoms with van der Waals surface area (Å²) in [6.07, 6.45) is 5.52. The molecule has 16 heavy (non-hydrogen) atoms. The highest BCUT2D eigenvalue weighted by Crippen LogP contribution is 2.30. The smallest absolute Gasteiger partial charge is 0.280 e. The van der Waals surface area contributed by atoms with E-state index in [0.717, 1.165) is 24.1 Å². The van der Waals surface area contributed by atoms with Gasteiger partial charge in [0.1, 0.15) is 4.47 Å². The van der Waals surface area contributed by atoms with Crippen LogP contribution in [0, 0.1) is 11.8 Å². The molecule has 1 saturated carbocycles. The normalized spacial score (nSPS) is 24.6. The fraction of sp³-hybridized carbons (Fsp3) is 0.636. The molecular weight excluding hydrogens is 270 g/mol. The van der Waals surface area contributed by atoms with Crippen molar-refractivity contribution < 1.29 is 0 Å². The van der Waals surface area contributed by atoms with Gasteiger partial charge in [0, 0.05) is 6.54 Å². The number of aromatic amines is 1. The van der Waals surface area contributed by atoms with E-state index in [4.69, 9.17) is 0 Å². The van der Waals surface area contributed by atoms with Crippen LogP contribution < -0.4 is 10.9 Å². The largest absolute Gasteiger partial charge is 0.382 e. The quantitative estimate of drug-likeness (QED) is 0.897. The van der Waals surface area contributed by atoms with E-state index in [2.05, 4.69) is 38.4 Å². The van der Waals surface area contributed by atoms with Gasteiger partial charge < -0.3 is 5.32 Å². The van der Waals surface area contributed by atoms with Gasteiger partial charge in [0.2, 0.25) is 0 Å². The fourth-order valence-corrected chi connectivity index (χ4v) is 2.60. The van der Waals surface area contributed by atoms with Gasteiger partial charge in [-0.3, -0.25) is 4.79 Å². The molecule has 2 unspecified atom stereocenters. The number of rotatable bonds is 3. The van der Waals surface area contributed by atoms with E-state index in [9.17, 15) is 4.79 Å². The Kier molecular flexibility index (Phi) is 3.63. The molecule has 1 aromatic rings. The van der Waals surface area contributed by atoms with Gasteiger partial charge in [-0.2, -0.15) is 5.10 Å². The van der Waals surface area contributed by atoms with Crippen molar-refractivity contribution in [3.05, 3.63) is 21.0 Å². The fourth-order valence-electron chi connectivity index (χ4n) is 2.27. The summed E-state index contributed by atoms with van der Waals surface area (Å²) in [5.41, 5.74) is 0.591. The minimum absolute atomic E-state index is 0.190. The van der Waals surface area contributed by atoms with E-state index in [1.54, 1.807) is 6.20 Å². The zero-order valence-corrected chi connectivity index (χ0v) is 10.9. The summed E-state index contributed by atoms with van der Waals surface area (Å²) in [6.45, 7) is 3.22. The number of nitrogens with one attached hydrogen (secondary N) is 2. The van der Waals surface area contributed by atoms with Crippen molar-refractivity contribution >= 4 is 21.6 Å². The summed E-state index contributed by atoms with van der Waals surface area (Å²) >= 11 is 3.26. The topological polar surface area (TPSA) is 57.8 Å². The molecule has 1 aliphatic rings. The van der Waals surface area contributed by atoms with E-state index in [1.807, 2.05) is 0 Å². The highest BCUT2D eigenvalue weighted by molar-refractivity contribution is 9.10. The van der Waals surface area contributed by atoms with Crippen LogP contribution in [0.15, 0.2) is 15.5 Å². The minimum Gasteiger partial charge on any atom is -0.382 e. The van der Waals surface area contributed by atoms with Crippen molar-refractivity contribution in [1.82, 2.24) is 10.2 Å². The van der Waals surface area contributed by atoms with Crippen LogP contribution in [0.4, 0.5) is 5.69 Å². The number of halogens is 1. The van der Waals surface area contributed by atoms with Crippen molar-refractivity contribution in [2.45, 2.75) is 26.2 Å². The molecule has 2 N–H and O–H groups in total. The number of hydrogen-bond donors (Lipinski definition) is 2. The van der Waals surface area contributed by atoms with Gasteiger partial charge in [0.15, 0.2) is 0 Å². The van der Waals surface area contributed by atoms with Gasteiger partial charge in [0.25, 0.3) is 5.56 Å². The zero-order valence-electron chi connectivity index (χ0n) is 9.29. The maximum absolute atomic E-state index is 11.3. The average Bonchev–Trinajstić information content (AvgIpc) is 2.67. The maximum atomic E-state index is 11.3. The molecule has 2 atom stereocenters. The molecule has 0 radical (unpaired) electrons. The molecule has 0 saturated heterocycles. The average molecular weight is 286 g/mol. The lowest BCUT2D eigenvalue weighted by atomic mass is 10.1. The first kappa shape index (κ1) is 11.6. The number of aromatic nitrogens is 2. The van der Waals surface area contributed by atoms with Gasteiger partial charge in [-0.05, 0) is 40.6 Å². The van der Waals surface area contributed by atoms with Crippen LogP contribution in [0.25, 0.3) is 0 Å². The van der Waals surface area contributed by atoms with E-state index in [1.165, 1.54) is 19.3 Å². The van der Waals surface area contributed by atoms with Crippen molar-refractivity contribution in [3.63, 3.8) is 0 Å². The Hall–Kier alpha value is -0.840. The maximum Gasteiger partial charge on any atom is 0.280 e. The van der Waals surface area contributed by atoms with Crippen LogP contribution in [-0.2, 0) is 0 Å². The lowest BCUT2D eigenvalue weighted by molar-refractivity contribution is 0.537. The summed E-state index contributed by atoms with van der Waals surface area (Å²) in [7, 11) is 0. The third kappa shape index (κ3) is 2.64. The summed E-state index contributed by atoms with van der Waals surface area (Å²) in [5, 5.41) is 9.44. The Labute approximate surface area is 103 Å². The van der Waals surface area contributed by atoms with Crippen LogP contribution in [0.3, 0.4) is 0 Å². The van der Waals surface area contributed by atoms with Crippen molar-refractivity contribution in [2.75, 3.05) is 11.9 Å². The van der Waals surface area contributed by atoms with Crippen LogP contribution in [0.1, 0.15) is 26.2 Å². The van der Waals surface area contributed by atoms with Crippen molar-refractivity contribution in [2.24, 2.45) is 11.8 Å². The first-order valence-electron chi connectivity index (χ1n) is 5.64. The lowest BCUT2D eigenvalue weighted by Gasteiger charge is -2.12. The first-order valence-corrected chi connectivity index (χ1v) is 6.43. The molecule has 5 heteroatoms. The van der Waals surface area contributed by atoms with E-state index in [0.29, 0.717) is 4.47 Å². The Morgan fingerprint density at radius 3 is 3.12 bits per heavy atom. The second-order valence-corrected chi connectivity index (χ2v) is 5.38. The third-order valence-corrected chi connectivity index (χ3v) is 3.97. The molecule has 1 aliphatic carbocycles. The summed E-state index contributed by atoms with van der Waals surface area (Å²) in [5.74, 6) is 1.56. The number of nitrogens with zero attached hydrogens (tertiary/aromatic N) is 1. The molecule has 0 aromatic carbocycles. The molecule has 1 aromatic heterocycles.